The van der Waals surface area contributed by atoms with Crippen molar-refractivity contribution in [3.63, 3.8) is 0 Å². The molecule has 0 fully saturated rings. The standard InChI is InChI=1S/C50H34/c1-3-17-43-40(11-1)31-49(47-21-7-5-19-45(43)47)38-15-9-13-34(27-38)36-25-23-33-24-26-37(30-42(33)29-36)35-14-10-16-39(28-35)50-32-41-12-2-4-18-44(41)46-20-6-8-22-48(46)50/h1-15,17-32,39H,16H2. The molecule has 0 heteroatoms. The van der Waals surface area contributed by atoms with Crippen molar-refractivity contribution in [3.8, 4) is 22.3 Å². The maximum atomic E-state index is 2.49. The molecule has 10 rings (SSSR count). The Morgan fingerprint density at radius 1 is 0.360 bits per heavy atom. The summed E-state index contributed by atoms with van der Waals surface area (Å²) in [6, 6.07) is 62.8. The third-order valence-corrected chi connectivity index (χ3v) is 10.7. The Balaban J connectivity index is 1.03. The van der Waals surface area contributed by atoms with E-state index in [1.54, 1.807) is 0 Å². The summed E-state index contributed by atoms with van der Waals surface area (Å²) >= 11 is 0. The highest BCUT2D eigenvalue weighted by Crippen LogP contribution is 2.40. The molecular formula is C50H34. The molecule has 9 aromatic carbocycles. The summed E-state index contributed by atoms with van der Waals surface area (Å²) in [6.45, 7) is 0. The molecular weight excluding hydrogens is 601 g/mol. The average molecular weight is 635 g/mol. The van der Waals surface area contributed by atoms with E-state index in [1.807, 2.05) is 0 Å². The van der Waals surface area contributed by atoms with Gasteiger partial charge in [-0.05, 0) is 130 Å². The van der Waals surface area contributed by atoms with Gasteiger partial charge in [0.1, 0.15) is 0 Å². The molecule has 1 aliphatic carbocycles. The van der Waals surface area contributed by atoms with Crippen molar-refractivity contribution in [3.05, 3.63) is 199 Å². The zero-order valence-corrected chi connectivity index (χ0v) is 27.7. The Labute approximate surface area is 292 Å². The number of hydrogen-bond donors (Lipinski definition) is 0. The number of rotatable bonds is 4. The molecule has 0 bridgehead atoms. The zero-order valence-electron chi connectivity index (χ0n) is 27.7. The molecule has 50 heavy (non-hydrogen) atoms. The van der Waals surface area contributed by atoms with Crippen LogP contribution in [0.1, 0.15) is 23.5 Å². The highest BCUT2D eigenvalue weighted by Gasteiger charge is 2.18. The van der Waals surface area contributed by atoms with E-state index in [0.29, 0.717) is 5.92 Å². The van der Waals surface area contributed by atoms with Gasteiger partial charge in [-0.2, -0.15) is 0 Å². The minimum absolute atomic E-state index is 0.320. The quantitative estimate of drug-likeness (QED) is 0.169. The molecule has 0 nitrogen and oxygen atoms in total. The van der Waals surface area contributed by atoms with E-state index in [0.717, 1.165) is 6.42 Å². The lowest BCUT2D eigenvalue weighted by Crippen LogP contribution is -2.01. The number of hydrogen-bond acceptors (Lipinski definition) is 0. The molecule has 1 atom stereocenters. The molecule has 234 valence electrons. The maximum Gasteiger partial charge on any atom is 0.00681 e. The van der Waals surface area contributed by atoms with E-state index >= 15 is 0 Å². The monoisotopic (exact) mass is 634 g/mol. The van der Waals surface area contributed by atoms with Crippen LogP contribution in [0.5, 0.6) is 0 Å². The first kappa shape index (κ1) is 28.7. The van der Waals surface area contributed by atoms with Gasteiger partial charge in [-0.1, -0.05) is 158 Å². The Morgan fingerprint density at radius 3 is 1.72 bits per heavy atom. The minimum atomic E-state index is 0.320. The van der Waals surface area contributed by atoms with Gasteiger partial charge in [-0.25, -0.2) is 0 Å². The summed E-state index contributed by atoms with van der Waals surface area (Å²) in [5.74, 6) is 0.320. The van der Waals surface area contributed by atoms with Crippen LogP contribution < -0.4 is 0 Å². The summed E-state index contributed by atoms with van der Waals surface area (Å²) in [5.41, 5.74) is 8.93. The first-order chi connectivity index (χ1) is 24.8. The molecule has 0 saturated carbocycles. The second-order valence-electron chi connectivity index (χ2n) is 13.6. The summed E-state index contributed by atoms with van der Waals surface area (Å²) in [5, 5.41) is 13.0. The lowest BCUT2D eigenvalue weighted by Gasteiger charge is -2.21. The van der Waals surface area contributed by atoms with Crippen molar-refractivity contribution in [2.45, 2.75) is 12.3 Å². The summed E-state index contributed by atoms with van der Waals surface area (Å²) < 4.78 is 0. The average Bonchev–Trinajstić information content (AvgIpc) is 3.20. The van der Waals surface area contributed by atoms with Crippen molar-refractivity contribution >= 4 is 59.4 Å². The van der Waals surface area contributed by atoms with E-state index in [9.17, 15) is 0 Å². The van der Waals surface area contributed by atoms with E-state index in [-0.39, 0.29) is 0 Å². The van der Waals surface area contributed by atoms with Crippen molar-refractivity contribution in [2.75, 3.05) is 0 Å². The van der Waals surface area contributed by atoms with Crippen LogP contribution in [-0.2, 0) is 0 Å². The van der Waals surface area contributed by atoms with E-state index in [4.69, 9.17) is 0 Å². The molecule has 0 amide bonds. The van der Waals surface area contributed by atoms with Crippen molar-refractivity contribution in [1.29, 1.82) is 0 Å². The largest absolute Gasteiger partial charge is 0.0830 e. The van der Waals surface area contributed by atoms with Gasteiger partial charge in [0.05, 0.1) is 0 Å². The molecule has 0 spiro atoms. The van der Waals surface area contributed by atoms with Crippen molar-refractivity contribution in [1.82, 2.24) is 0 Å². The van der Waals surface area contributed by atoms with Gasteiger partial charge < -0.3 is 0 Å². The lowest BCUT2D eigenvalue weighted by molar-refractivity contribution is 0.867. The molecule has 1 aliphatic rings. The van der Waals surface area contributed by atoms with Crippen LogP contribution in [0.15, 0.2) is 188 Å². The van der Waals surface area contributed by atoms with Crippen LogP contribution in [0.4, 0.5) is 0 Å². The molecule has 0 saturated heterocycles. The third-order valence-electron chi connectivity index (χ3n) is 10.7. The minimum Gasteiger partial charge on any atom is -0.0830 e. The smallest absolute Gasteiger partial charge is 0.00681 e. The fraction of sp³-hybridized carbons (Fsp3) is 0.0400. The van der Waals surface area contributed by atoms with E-state index in [1.165, 1.54) is 92.8 Å². The van der Waals surface area contributed by atoms with Crippen LogP contribution in [0.25, 0.3) is 81.7 Å². The normalized spacial score (nSPS) is 14.6. The Morgan fingerprint density at radius 2 is 0.940 bits per heavy atom. The van der Waals surface area contributed by atoms with Gasteiger partial charge in [0.2, 0.25) is 0 Å². The van der Waals surface area contributed by atoms with E-state index < -0.39 is 0 Å². The Bertz CT molecular complexity index is 2850. The Hall–Kier alpha value is -6.24. The second kappa shape index (κ2) is 11.7. The number of allylic oxidation sites excluding steroid dienone is 4. The SMILES string of the molecule is C1=CC(c2ccc3ccc(-c4cccc(-c5cc6ccccc6c6ccccc56)c4)cc3c2)=CC(c2cc3ccccc3c3ccccc23)C1. The van der Waals surface area contributed by atoms with Crippen LogP contribution in [0, 0.1) is 0 Å². The van der Waals surface area contributed by atoms with Gasteiger partial charge >= 0.3 is 0 Å². The Kier molecular flexibility index (Phi) is 6.74. The van der Waals surface area contributed by atoms with Gasteiger partial charge in [0.25, 0.3) is 0 Å². The molecule has 1 unspecified atom stereocenters. The summed E-state index contributed by atoms with van der Waals surface area (Å²) in [7, 11) is 0. The van der Waals surface area contributed by atoms with Gasteiger partial charge in [0.15, 0.2) is 0 Å². The summed E-state index contributed by atoms with van der Waals surface area (Å²) in [6.07, 6.45) is 8.15. The topological polar surface area (TPSA) is 0 Å². The second-order valence-corrected chi connectivity index (χ2v) is 13.6. The van der Waals surface area contributed by atoms with Crippen LogP contribution >= 0.6 is 0 Å². The zero-order chi connectivity index (χ0) is 33.0. The predicted octanol–water partition coefficient (Wildman–Crippen LogP) is 13.9. The van der Waals surface area contributed by atoms with Crippen LogP contribution in [0.2, 0.25) is 0 Å². The molecule has 0 radical (unpaired) electrons. The van der Waals surface area contributed by atoms with Gasteiger partial charge in [-0.15, -0.1) is 0 Å². The summed E-state index contributed by atoms with van der Waals surface area (Å²) in [4.78, 5) is 0. The predicted molar refractivity (Wildman–Crippen MR) is 216 cm³/mol. The highest BCUT2D eigenvalue weighted by molar-refractivity contribution is 6.14. The van der Waals surface area contributed by atoms with Gasteiger partial charge in [-0.3, -0.25) is 0 Å². The van der Waals surface area contributed by atoms with Crippen LogP contribution in [-0.4, -0.2) is 0 Å². The lowest BCUT2D eigenvalue weighted by atomic mass is 9.83. The molecule has 0 aromatic heterocycles. The fourth-order valence-electron chi connectivity index (χ4n) is 8.25. The molecule has 0 N–H and O–H groups in total. The first-order valence-corrected chi connectivity index (χ1v) is 17.6. The highest BCUT2D eigenvalue weighted by atomic mass is 14.2. The van der Waals surface area contributed by atoms with Crippen molar-refractivity contribution < 1.29 is 0 Å². The fourth-order valence-corrected chi connectivity index (χ4v) is 8.25. The van der Waals surface area contributed by atoms with E-state index in [2.05, 4.69) is 188 Å². The van der Waals surface area contributed by atoms with Crippen LogP contribution in [0.3, 0.4) is 0 Å². The number of fused-ring (bicyclic) bond motifs is 7. The molecule has 0 aliphatic heterocycles. The molecule has 9 aromatic rings. The first-order valence-electron chi connectivity index (χ1n) is 17.6. The maximum absolute atomic E-state index is 2.49. The third kappa shape index (κ3) is 4.84. The number of benzene rings is 9. The molecule has 0 heterocycles. The van der Waals surface area contributed by atoms with Crippen molar-refractivity contribution in [2.24, 2.45) is 0 Å². The van der Waals surface area contributed by atoms with Gasteiger partial charge in [0, 0.05) is 5.92 Å².